The van der Waals surface area contributed by atoms with Crippen molar-refractivity contribution < 1.29 is 5.11 Å². The van der Waals surface area contributed by atoms with Crippen molar-refractivity contribution in [3.8, 4) is 11.7 Å². The van der Waals surface area contributed by atoms with Crippen LogP contribution in [0.4, 0.5) is 11.5 Å². The van der Waals surface area contributed by atoms with Crippen LogP contribution in [0.2, 0.25) is 0 Å². The van der Waals surface area contributed by atoms with Crippen LogP contribution in [0.25, 0.3) is 17.0 Å². The van der Waals surface area contributed by atoms with E-state index < -0.39 is 0 Å². The summed E-state index contributed by atoms with van der Waals surface area (Å²) in [7, 11) is 2.18. The van der Waals surface area contributed by atoms with Gasteiger partial charge in [0.2, 0.25) is 5.95 Å². The summed E-state index contributed by atoms with van der Waals surface area (Å²) in [5, 5.41) is 13.3. The molecule has 3 heterocycles. The fraction of sp³-hybridized carbons (Fsp3) is 0.320. The van der Waals surface area contributed by atoms with Crippen LogP contribution in [-0.4, -0.2) is 49.7 Å². The SMILES string of the molecule is Cc1ccc(O)cc1Nc1cc(CC2CCN(C)CC2)nc(-n2cnc3ccccc32)n1. The highest BCUT2D eigenvalue weighted by Gasteiger charge is 2.19. The Morgan fingerprint density at radius 3 is 2.72 bits per heavy atom. The zero-order chi connectivity index (χ0) is 22.1. The summed E-state index contributed by atoms with van der Waals surface area (Å²) >= 11 is 0. The molecule has 7 nitrogen and oxygen atoms in total. The number of hydrogen-bond acceptors (Lipinski definition) is 6. The third-order valence-electron chi connectivity index (χ3n) is 6.26. The van der Waals surface area contributed by atoms with E-state index in [0.29, 0.717) is 17.7 Å². The maximum Gasteiger partial charge on any atom is 0.237 e. The molecule has 0 spiro atoms. The van der Waals surface area contributed by atoms with Gasteiger partial charge in [0, 0.05) is 23.5 Å². The zero-order valence-electron chi connectivity index (χ0n) is 18.5. The molecular weight excluding hydrogens is 400 g/mol. The molecule has 1 aliphatic heterocycles. The average molecular weight is 429 g/mol. The molecule has 0 radical (unpaired) electrons. The Kier molecular flexibility index (Phi) is 5.49. The van der Waals surface area contributed by atoms with E-state index in [1.807, 2.05) is 47.9 Å². The van der Waals surface area contributed by atoms with Crippen molar-refractivity contribution in [3.05, 3.63) is 66.1 Å². The maximum atomic E-state index is 9.94. The van der Waals surface area contributed by atoms with Gasteiger partial charge < -0.3 is 15.3 Å². The van der Waals surface area contributed by atoms with Gasteiger partial charge in [0.15, 0.2) is 0 Å². The van der Waals surface area contributed by atoms with Crippen LogP contribution in [0.1, 0.15) is 24.1 Å². The highest BCUT2D eigenvalue weighted by atomic mass is 16.3. The molecule has 7 heteroatoms. The van der Waals surface area contributed by atoms with Crippen LogP contribution >= 0.6 is 0 Å². The van der Waals surface area contributed by atoms with Gasteiger partial charge in [-0.15, -0.1) is 0 Å². The summed E-state index contributed by atoms with van der Waals surface area (Å²) in [6.07, 6.45) is 5.06. The lowest BCUT2D eigenvalue weighted by molar-refractivity contribution is 0.218. The molecule has 0 saturated carbocycles. The number of phenols is 1. The van der Waals surface area contributed by atoms with Crippen molar-refractivity contribution in [1.29, 1.82) is 0 Å². The number of anilines is 2. The zero-order valence-corrected chi connectivity index (χ0v) is 18.5. The van der Waals surface area contributed by atoms with Gasteiger partial charge in [-0.1, -0.05) is 18.2 Å². The second-order valence-corrected chi connectivity index (χ2v) is 8.72. The molecule has 4 aromatic rings. The van der Waals surface area contributed by atoms with Crippen LogP contribution < -0.4 is 5.32 Å². The Labute approximate surface area is 187 Å². The van der Waals surface area contributed by atoms with Gasteiger partial charge in [-0.05, 0) is 76.0 Å². The molecule has 0 atom stereocenters. The van der Waals surface area contributed by atoms with Crippen LogP contribution in [0.15, 0.2) is 54.9 Å². The van der Waals surface area contributed by atoms with E-state index in [4.69, 9.17) is 9.97 Å². The molecule has 1 aliphatic rings. The number of nitrogens with zero attached hydrogens (tertiary/aromatic N) is 5. The summed E-state index contributed by atoms with van der Waals surface area (Å²) in [5.41, 5.74) is 4.77. The standard InChI is InChI=1S/C25H28N6O/c1-17-7-8-20(32)15-22(17)28-24-14-19(13-18-9-11-30(2)12-10-18)27-25(29-24)31-16-26-21-5-3-4-6-23(21)31/h3-8,14-16,18,32H,9-13H2,1-2H3,(H,27,28,29). The molecule has 0 unspecified atom stereocenters. The quantitative estimate of drug-likeness (QED) is 0.489. The van der Waals surface area contributed by atoms with E-state index in [1.165, 1.54) is 12.8 Å². The molecule has 32 heavy (non-hydrogen) atoms. The maximum absolute atomic E-state index is 9.94. The van der Waals surface area contributed by atoms with Crippen LogP contribution in [0.3, 0.4) is 0 Å². The Hall–Kier alpha value is -3.45. The van der Waals surface area contributed by atoms with Crippen LogP contribution in [0, 0.1) is 12.8 Å². The topological polar surface area (TPSA) is 79.1 Å². The number of rotatable bonds is 5. The smallest absolute Gasteiger partial charge is 0.237 e. The number of nitrogens with one attached hydrogen (secondary N) is 1. The summed E-state index contributed by atoms with van der Waals surface area (Å²) in [4.78, 5) is 16.6. The van der Waals surface area contributed by atoms with Crippen molar-refractivity contribution in [2.24, 2.45) is 5.92 Å². The first-order valence-electron chi connectivity index (χ1n) is 11.1. The second-order valence-electron chi connectivity index (χ2n) is 8.72. The van der Waals surface area contributed by atoms with Crippen molar-refractivity contribution in [1.82, 2.24) is 24.4 Å². The van der Waals surface area contributed by atoms with Gasteiger partial charge in [0.25, 0.3) is 0 Å². The minimum atomic E-state index is 0.222. The number of hydrogen-bond donors (Lipinski definition) is 2. The third-order valence-corrected chi connectivity index (χ3v) is 6.26. The predicted octanol–water partition coefficient (Wildman–Crippen LogP) is 4.46. The van der Waals surface area contributed by atoms with E-state index in [2.05, 4.69) is 22.2 Å². The highest BCUT2D eigenvalue weighted by molar-refractivity contribution is 5.76. The number of aromatic nitrogens is 4. The highest BCUT2D eigenvalue weighted by Crippen LogP contribution is 2.27. The Morgan fingerprint density at radius 2 is 1.88 bits per heavy atom. The number of fused-ring (bicyclic) bond motifs is 1. The Bertz CT molecular complexity index is 1240. The van der Waals surface area contributed by atoms with Gasteiger partial charge >= 0.3 is 0 Å². The molecule has 2 N–H and O–H groups in total. The molecule has 0 aliphatic carbocycles. The number of likely N-dealkylation sites (tertiary alicyclic amines) is 1. The molecule has 0 bridgehead atoms. The number of benzene rings is 2. The van der Waals surface area contributed by atoms with Gasteiger partial charge in [0.1, 0.15) is 17.9 Å². The van der Waals surface area contributed by atoms with Crippen LogP contribution in [0.5, 0.6) is 5.75 Å². The van der Waals surface area contributed by atoms with E-state index >= 15 is 0 Å². The lowest BCUT2D eigenvalue weighted by Crippen LogP contribution is -2.31. The van der Waals surface area contributed by atoms with Crippen molar-refractivity contribution >= 4 is 22.5 Å². The van der Waals surface area contributed by atoms with Crippen molar-refractivity contribution in [3.63, 3.8) is 0 Å². The van der Waals surface area contributed by atoms with Crippen molar-refractivity contribution in [2.45, 2.75) is 26.2 Å². The Morgan fingerprint density at radius 1 is 1.06 bits per heavy atom. The first-order valence-corrected chi connectivity index (χ1v) is 11.1. The molecule has 164 valence electrons. The molecule has 2 aromatic heterocycles. The minimum absolute atomic E-state index is 0.222. The molecule has 1 fully saturated rings. The summed E-state index contributed by atoms with van der Waals surface area (Å²) in [6, 6.07) is 15.3. The predicted molar refractivity (Wildman–Crippen MR) is 127 cm³/mol. The van der Waals surface area contributed by atoms with Gasteiger partial charge in [-0.25, -0.2) is 9.97 Å². The average Bonchev–Trinajstić information content (AvgIpc) is 3.22. The normalized spacial score (nSPS) is 15.3. The number of aryl methyl sites for hydroxylation is 1. The number of phenolic OH excluding ortho intramolecular Hbond substituents is 1. The molecular formula is C25H28N6O. The fourth-order valence-corrected chi connectivity index (χ4v) is 4.32. The van der Waals surface area contributed by atoms with Crippen molar-refractivity contribution in [2.75, 3.05) is 25.5 Å². The third kappa shape index (κ3) is 4.29. The van der Waals surface area contributed by atoms with E-state index in [0.717, 1.165) is 47.5 Å². The molecule has 5 rings (SSSR count). The number of aromatic hydroxyl groups is 1. The first kappa shape index (κ1) is 20.5. The van der Waals surface area contributed by atoms with E-state index in [1.54, 1.807) is 18.5 Å². The molecule has 0 amide bonds. The lowest BCUT2D eigenvalue weighted by Gasteiger charge is -2.28. The lowest BCUT2D eigenvalue weighted by atomic mass is 9.92. The largest absolute Gasteiger partial charge is 0.508 e. The Balaban J connectivity index is 1.53. The number of piperidine rings is 1. The van der Waals surface area contributed by atoms with E-state index in [9.17, 15) is 5.11 Å². The van der Waals surface area contributed by atoms with Gasteiger partial charge in [-0.3, -0.25) is 4.57 Å². The van der Waals surface area contributed by atoms with Gasteiger partial charge in [0.05, 0.1) is 11.0 Å². The summed E-state index contributed by atoms with van der Waals surface area (Å²) in [6.45, 7) is 4.26. The van der Waals surface area contributed by atoms with Gasteiger partial charge in [-0.2, -0.15) is 4.98 Å². The number of imidazole rings is 1. The van der Waals surface area contributed by atoms with E-state index in [-0.39, 0.29) is 5.75 Å². The minimum Gasteiger partial charge on any atom is -0.508 e. The number of para-hydroxylation sites is 2. The molecule has 2 aromatic carbocycles. The monoisotopic (exact) mass is 428 g/mol. The fourth-order valence-electron chi connectivity index (χ4n) is 4.32. The summed E-state index contributed by atoms with van der Waals surface area (Å²) in [5.74, 6) is 2.15. The van der Waals surface area contributed by atoms with Crippen LogP contribution in [-0.2, 0) is 6.42 Å². The molecule has 1 saturated heterocycles. The second kappa shape index (κ2) is 8.59. The summed E-state index contributed by atoms with van der Waals surface area (Å²) < 4.78 is 1.94. The first-order chi connectivity index (χ1) is 15.5.